The number of hydrogen-bond acceptors (Lipinski definition) is 5. The van der Waals surface area contributed by atoms with Crippen LogP contribution in [0.1, 0.15) is 77.3 Å². The van der Waals surface area contributed by atoms with Crippen LogP contribution in [0.5, 0.6) is 17.2 Å². The van der Waals surface area contributed by atoms with E-state index in [1.165, 1.54) is 31.4 Å². The maximum atomic E-state index is 12.8. The minimum Gasteiger partial charge on any atom is -0.507 e. The zero-order valence-corrected chi connectivity index (χ0v) is 15.5. The number of hydrogen-bond donors (Lipinski definition) is 2. The summed E-state index contributed by atoms with van der Waals surface area (Å²) < 4.78 is 5.59. The van der Waals surface area contributed by atoms with Crippen LogP contribution in [0.2, 0.25) is 0 Å². The van der Waals surface area contributed by atoms with Gasteiger partial charge >= 0.3 is 0 Å². The van der Waals surface area contributed by atoms with Crippen LogP contribution in [0.3, 0.4) is 0 Å². The quantitative estimate of drug-likeness (QED) is 0.448. The summed E-state index contributed by atoms with van der Waals surface area (Å²) in [6.45, 7) is 2.54. The second kappa shape index (κ2) is 8.25. The molecule has 0 unspecified atom stereocenters. The summed E-state index contributed by atoms with van der Waals surface area (Å²) in [6.07, 6.45) is 6.56. The van der Waals surface area contributed by atoms with Crippen LogP contribution in [0, 0.1) is 0 Å². The molecule has 5 nitrogen and oxygen atoms in total. The molecule has 0 radical (unpaired) electrons. The lowest BCUT2D eigenvalue weighted by atomic mass is 9.83. The van der Waals surface area contributed by atoms with Crippen molar-refractivity contribution in [2.45, 2.75) is 45.4 Å². The van der Waals surface area contributed by atoms with Crippen molar-refractivity contribution in [3.05, 3.63) is 52.6 Å². The fourth-order valence-corrected chi connectivity index (χ4v) is 3.41. The average Bonchev–Trinajstić information content (AvgIpc) is 2.67. The highest BCUT2D eigenvalue weighted by Gasteiger charge is 2.35. The van der Waals surface area contributed by atoms with Gasteiger partial charge in [0.2, 0.25) is 0 Å². The van der Waals surface area contributed by atoms with Gasteiger partial charge in [-0.05, 0) is 6.42 Å². The minimum absolute atomic E-state index is 0.0281. The fraction of sp³-hybridized carbons (Fsp3) is 0.364. The lowest BCUT2D eigenvalue weighted by molar-refractivity contribution is 0.0973. The molecular formula is C22H24O5. The third-order valence-corrected chi connectivity index (χ3v) is 4.87. The van der Waals surface area contributed by atoms with Crippen molar-refractivity contribution in [2.24, 2.45) is 0 Å². The lowest BCUT2D eigenvalue weighted by Gasteiger charge is -2.21. The van der Waals surface area contributed by atoms with Gasteiger partial charge in [-0.2, -0.15) is 0 Å². The molecule has 27 heavy (non-hydrogen) atoms. The Morgan fingerprint density at radius 3 is 2.11 bits per heavy atom. The van der Waals surface area contributed by atoms with Crippen molar-refractivity contribution in [2.75, 3.05) is 6.61 Å². The van der Waals surface area contributed by atoms with E-state index in [1.54, 1.807) is 18.2 Å². The summed E-state index contributed by atoms with van der Waals surface area (Å²) >= 11 is 0. The third-order valence-electron chi connectivity index (χ3n) is 4.87. The van der Waals surface area contributed by atoms with Gasteiger partial charge in [-0.25, -0.2) is 0 Å². The van der Waals surface area contributed by atoms with Crippen molar-refractivity contribution in [1.82, 2.24) is 0 Å². The lowest BCUT2D eigenvalue weighted by Crippen LogP contribution is -2.21. The van der Waals surface area contributed by atoms with Gasteiger partial charge in [-0.1, -0.05) is 63.3 Å². The first kappa shape index (κ1) is 19.0. The summed E-state index contributed by atoms with van der Waals surface area (Å²) in [4.78, 5) is 25.4. The molecule has 2 aromatic carbocycles. The van der Waals surface area contributed by atoms with E-state index in [1.807, 2.05) is 0 Å². The number of carbonyl (C=O) groups excluding carboxylic acids is 2. The number of ether oxygens (including phenoxy) is 1. The topological polar surface area (TPSA) is 83.8 Å². The number of carbonyl (C=O) groups is 2. The molecule has 2 N–H and O–H groups in total. The van der Waals surface area contributed by atoms with Crippen LogP contribution in [-0.2, 0) is 0 Å². The van der Waals surface area contributed by atoms with Gasteiger partial charge in [-0.3, -0.25) is 9.59 Å². The predicted octanol–water partition coefficient (Wildman–Crippen LogP) is 4.61. The number of aromatic hydroxyl groups is 2. The van der Waals surface area contributed by atoms with E-state index in [0.717, 1.165) is 19.3 Å². The van der Waals surface area contributed by atoms with E-state index in [0.29, 0.717) is 6.61 Å². The highest BCUT2D eigenvalue weighted by atomic mass is 16.5. The van der Waals surface area contributed by atoms with E-state index < -0.39 is 11.6 Å². The van der Waals surface area contributed by atoms with Crippen molar-refractivity contribution in [1.29, 1.82) is 0 Å². The number of phenols is 2. The van der Waals surface area contributed by atoms with Gasteiger partial charge < -0.3 is 14.9 Å². The molecular weight excluding hydrogens is 344 g/mol. The van der Waals surface area contributed by atoms with Crippen LogP contribution in [0.4, 0.5) is 0 Å². The molecule has 0 spiro atoms. The monoisotopic (exact) mass is 368 g/mol. The van der Waals surface area contributed by atoms with Crippen molar-refractivity contribution < 1.29 is 24.5 Å². The second-order valence-electron chi connectivity index (χ2n) is 6.81. The first-order valence-corrected chi connectivity index (χ1v) is 9.46. The van der Waals surface area contributed by atoms with Gasteiger partial charge in [0.05, 0.1) is 17.7 Å². The van der Waals surface area contributed by atoms with E-state index in [-0.39, 0.29) is 39.5 Å². The third kappa shape index (κ3) is 3.68. The standard InChI is InChI=1S/C22H24O5/c1-2-3-4-5-6-9-12-27-17-13-16(23)18-19(22(17)26)21(25)15-11-8-7-10-14(15)20(18)24/h7-8,10-11,13,23,26H,2-6,9,12H2,1H3. The zero-order chi connectivity index (χ0) is 19.4. The maximum Gasteiger partial charge on any atom is 0.198 e. The molecule has 3 rings (SSSR count). The van der Waals surface area contributed by atoms with Gasteiger partial charge in [0.15, 0.2) is 23.1 Å². The minimum atomic E-state index is -0.488. The maximum absolute atomic E-state index is 12.8. The zero-order valence-electron chi connectivity index (χ0n) is 15.5. The Hall–Kier alpha value is -2.82. The Morgan fingerprint density at radius 2 is 1.44 bits per heavy atom. The second-order valence-corrected chi connectivity index (χ2v) is 6.81. The Kier molecular flexibility index (Phi) is 5.79. The number of ketones is 2. The van der Waals surface area contributed by atoms with Gasteiger partial charge in [-0.15, -0.1) is 0 Å². The summed E-state index contributed by atoms with van der Waals surface area (Å²) in [6, 6.07) is 7.61. The molecule has 142 valence electrons. The molecule has 0 heterocycles. The first-order valence-electron chi connectivity index (χ1n) is 9.46. The Labute approximate surface area is 158 Å². The van der Waals surface area contributed by atoms with Gasteiger partial charge in [0.25, 0.3) is 0 Å². The number of rotatable bonds is 8. The van der Waals surface area contributed by atoms with E-state index in [9.17, 15) is 19.8 Å². The summed E-state index contributed by atoms with van der Waals surface area (Å²) in [5.74, 6) is -1.68. The first-order chi connectivity index (χ1) is 13.1. The smallest absolute Gasteiger partial charge is 0.198 e. The van der Waals surface area contributed by atoms with Crippen molar-refractivity contribution in [3.8, 4) is 17.2 Å². The number of fused-ring (bicyclic) bond motifs is 2. The Bertz CT molecular complexity index is 869. The average molecular weight is 368 g/mol. The van der Waals surface area contributed by atoms with Crippen LogP contribution >= 0.6 is 0 Å². The molecule has 0 saturated heterocycles. The van der Waals surface area contributed by atoms with Gasteiger partial charge in [0.1, 0.15) is 5.75 Å². The van der Waals surface area contributed by atoms with E-state index >= 15 is 0 Å². The Balaban J connectivity index is 1.79. The molecule has 5 heteroatoms. The van der Waals surface area contributed by atoms with Crippen molar-refractivity contribution in [3.63, 3.8) is 0 Å². The number of phenolic OH excluding ortho intramolecular Hbond substituents is 2. The van der Waals surface area contributed by atoms with E-state index in [4.69, 9.17) is 4.74 Å². The molecule has 0 aromatic heterocycles. The molecule has 0 aliphatic heterocycles. The highest BCUT2D eigenvalue weighted by molar-refractivity contribution is 6.30. The summed E-state index contributed by atoms with van der Waals surface area (Å²) in [5, 5.41) is 20.8. The van der Waals surface area contributed by atoms with Crippen molar-refractivity contribution >= 4 is 11.6 Å². The number of unbranched alkanes of at least 4 members (excludes halogenated alkanes) is 5. The predicted molar refractivity (Wildman–Crippen MR) is 102 cm³/mol. The molecule has 0 atom stereocenters. The SMILES string of the molecule is CCCCCCCCOc1cc(O)c2c(c1O)C(=O)c1ccccc1C2=O. The summed E-state index contributed by atoms with van der Waals surface area (Å²) in [7, 11) is 0. The molecule has 1 aliphatic carbocycles. The molecule has 0 saturated carbocycles. The molecule has 1 aliphatic rings. The van der Waals surface area contributed by atoms with Crippen LogP contribution < -0.4 is 4.74 Å². The van der Waals surface area contributed by atoms with E-state index in [2.05, 4.69) is 6.92 Å². The Morgan fingerprint density at radius 1 is 0.852 bits per heavy atom. The molecule has 0 amide bonds. The largest absolute Gasteiger partial charge is 0.507 e. The van der Waals surface area contributed by atoms with Crippen LogP contribution in [0.15, 0.2) is 30.3 Å². The summed E-state index contributed by atoms with van der Waals surface area (Å²) in [5.41, 5.74) is 0.1000. The van der Waals surface area contributed by atoms with Crippen LogP contribution in [0.25, 0.3) is 0 Å². The fourth-order valence-electron chi connectivity index (χ4n) is 3.41. The highest BCUT2D eigenvalue weighted by Crippen LogP contribution is 2.43. The van der Waals surface area contributed by atoms with Gasteiger partial charge in [0, 0.05) is 17.2 Å². The molecule has 0 fully saturated rings. The normalized spacial score (nSPS) is 12.6. The molecule has 0 bridgehead atoms. The molecule has 2 aromatic rings. The van der Waals surface area contributed by atoms with Crippen LogP contribution in [-0.4, -0.2) is 28.4 Å². The number of benzene rings is 2.